The molecule has 2 heteroatoms. The van der Waals surface area contributed by atoms with Gasteiger partial charge in [-0.3, -0.25) is 0 Å². The molecule has 0 atom stereocenters. The Morgan fingerprint density at radius 3 is 2.56 bits per heavy atom. The highest BCUT2D eigenvalue weighted by Crippen LogP contribution is 2.19. The number of hydrogen-bond acceptors (Lipinski definition) is 2. The highest BCUT2D eigenvalue weighted by atomic mass is 15.1. The van der Waals surface area contributed by atoms with Crippen LogP contribution in [-0.4, -0.2) is 25.7 Å². The molecule has 1 rings (SSSR count). The van der Waals surface area contributed by atoms with Crippen LogP contribution < -0.4 is 10.2 Å². The van der Waals surface area contributed by atoms with Crippen molar-refractivity contribution in [3.05, 3.63) is 42.0 Å². The van der Waals surface area contributed by atoms with Crippen molar-refractivity contribution >= 4 is 5.69 Å². The van der Waals surface area contributed by atoms with Crippen LogP contribution in [0.5, 0.6) is 0 Å². The molecule has 1 aromatic carbocycles. The summed E-state index contributed by atoms with van der Waals surface area (Å²) in [7, 11) is 0. The highest BCUT2D eigenvalue weighted by molar-refractivity contribution is 5.53. The van der Waals surface area contributed by atoms with Gasteiger partial charge in [-0.05, 0) is 31.1 Å². The number of nitrogens with zero attached hydrogens (tertiary/aromatic N) is 1. The molecule has 0 fully saturated rings. The van der Waals surface area contributed by atoms with Gasteiger partial charge in [-0.2, -0.15) is 0 Å². The third kappa shape index (κ3) is 4.53. The van der Waals surface area contributed by atoms with Crippen molar-refractivity contribution in [2.45, 2.75) is 33.7 Å². The normalized spacial score (nSPS) is 10.7. The monoisotopic (exact) mass is 246 g/mol. The Morgan fingerprint density at radius 2 is 2.00 bits per heavy atom. The predicted octanol–water partition coefficient (Wildman–Crippen LogP) is 3.38. The van der Waals surface area contributed by atoms with Gasteiger partial charge in [0.25, 0.3) is 0 Å². The molecular weight excluding hydrogens is 220 g/mol. The summed E-state index contributed by atoms with van der Waals surface area (Å²) in [5.41, 5.74) is 3.86. The van der Waals surface area contributed by atoms with Gasteiger partial charge in [0.1, 0.15) is 0 Å². The number of aryl methyl sites for hydroxylation is 1. The van der Waals surface area contributed by atoms with Crippen molar-refractivity contribution in [3.8, 4) is 0 Å². The number of likely N-dealkylation sites (N-methyl/N-ethyl adjacent to an activating group) is 1. The van der Waals surface area contributed by atoms with E-state index in [1.165, 1.54) is 16.8 Å². The van der Waals surface area contributed by atoms with Crippen LogP contribution in [0.25, 0.3) is 0 Å². The summed E-state index contributed by atoms with van der Waals surface area (Å²) in [6, 6.07) is 9.03. The second-order valence-electron chi connectivity index (χ2n) is 5.09. The standard InChI is InChI=1S/C16H26N2/c1-6-18(12-14(4)11-17-13(2)3)16-10-8-7-9-15(16)5/h7-10,13,17H,4,6,11-12H2,1-3,5H3. The van der Waals surface area contributed by atoms with Crippen LogP contribution in [0, 0.1) is 6.92 Å². The van der Waals surface area contributed by atoms with E-state index >= 15 is 0 Å². The minimum absolute atomic E-state index is 0.510. The lowest BCUT2D eigenvalue weighted by atomic mass is 10.1. The van der Waals surface area contributed by atoms with Crippen LogP contribution >= 0.6 is 0 Å². The minimum Gasteiger partial charge on any atom is -0.368 e. The Labute approximate surface area is 112 Å². The Balaban J connectivity index is 2.62. The third-order valence-electron chi connectivity index (χ3n) is 3.01. The number of nitrogens with one attached hydrogen (secondary N) is 1. The summed E-state index contributed by atoms with van der Waals surface area (Å²) in [6.07, 6.45) is 0. The van der Waals surface area contributed by atoms with Crippen molar-refractivity contribution in [2.24, 2.45) is 0 Å². The van der Waals surface area contributed by atoms with E-state index in [-0.39, 0.29) is 0 Å². The molecule has 0 aliphatic rings. The van der Waals surface area contributed by atoms with E-state index in [2.05, 4.69) is 68.8 Å². The minimum atomic E-state index is 0.510. The van der Waals surface area contributed by atoms with Gasteiger partial charge in [0.15, 0.2) is 0 Å². The van der Waals surface area contributed by atoms with E-state index in [1.54, 1.807) is 0 Å². The molecule has 0 aliphatic carbocycles. The maximum absolute atomic E-state index is 4.17. The molecule has 0 unspecified atom stereocenters. The fraction of sp³-hybridized carbons (Fsp3) is 0.500. The zero-order chi connectivity index (χ0) is 13.5. The van der Waals surface area contributed by atoms with E-state index in [0.29, 0.717) is 6.04 Å². The number of benzene rings is 1. The summed E-state index contributed by atoms with van der Waals surface area (Å²) in [5.74, 6) is 0. The van der Waals surface area contributed by atoms with Crippen molar-refractivity contribution in [1.82, 2.24) is 5.32 Å². The quantitative estimate of drug-likeness (QED) is 0.742. The Hall–Kier alpha value is -1.28. The summed E-state index contributed by atoms with van der Waals surface area (Å²) >= 11 is 0. The highest BCUT2D eigenvalue weighted by Gasteiger charge is 2.08. The maximum atomic E-state index is 4.17. The van der Waals surface area contributed by atoms with Gasteiger partial charge < -0.3 is 10.2 Å². The van der Waals surface area contributed by atoms with Gasteiger partial charge in [0.2, 0.25) is 0 Å². The van der Waals surface area contributed by atoms with Crippen LogP contribution in [0.4, 0.5) is 5.69 Å². The van der Waals surface area contributed by atoms with Crippen LogP contribution in [0.3, 0.4) is 0 Å². The van der Waals surface area contributed by atoms with Crippen molar-refractivity contribution in [2.75, 3.05) is 24.5 Å². The second-order valence-corrected chi connectivity index (χ2v) is 5.09. The number of hydrogen-bond donors (Lipinski definition) is 1. The number of rotatable bonds is 7. The van der Waals surface area contributed by atoms with Gasteiger partial charge in [0, 0.05) is 31.4 Å². The molecule has 2 nitrogen and oxygen atoms in total. The predicted molar refractivity (Wildman–Crippen MR) is 81.3 cm³/mol. The third-order valence-corrected chi connectivity index (χ3v) is 3.01. The molecule has 0 spiro atoms. The van der Waals surface area contributed by atoms with Crippen LogP contribution in [-0.2, 0) is 0 Å². The zero-order valence-electron chi connectivity index (χ0n) is 12.2. The van der Waals surface area contributed by atoms with Gasteiger partial charge in [-0.1, -0.05) is 38.6 Å². The second kappa shape index (κ2) is 7.22. The fourth-order valence-electron chi connectivity index (χ4n) is 1.96. The SMILES string of the molecule is C=C(CNC(C)C)CN(CC)c1ccccc1C. The molecule has 0 saturated carbocycles. The van der Waals surface area contributed by atoms with Gasteiger partial charge in [-0.15, -0.1) is 0 Å². The molecule has 18 heavy (non-hydrogen) atoms. The molecule has 0 aliphatic heterocycles. The van der Waals surface area contributed by atoms with Gasteiger partial charge in [-0.25, -0.2) is 0 Å². The molecule has 0 radical (unpaired) electrons. The summed E-state index contributed by atoms with van der Waals surface area (Å²) in [5, 5.41) is 3.41. The topological polar surface area (TPSA) is 15.3 Å². The van der Waals surface area contributed by atoms with E-state index in [1.807, 2.05) is 0 Å². The van der Waals surface area contributed by atoms with Gasteiger partial charge >= 0.3 is 0 Å². The molecule has 0 heterocycles. The van der Waals surface area contributed by atoms with Crippen LogP contribution in [0.2, 0.25) is 0 Å². The first-order chi connectivity index (χ1) is 8.54. The maximum Gasteiger partial charge on any atom is 0.0398 e. The lowest BCUT2D eigenvalue weighted by Crippen LogP contribution is -2.31. The fourth-order valence-corrected chi connectivity index (χ4v) is 1.96. The van der Waals surface area contributed by atoms with E-state index in [9.17, 15) is 0 Å². The average Bonchev–Trinajstić information content (AvgIpc) is 2.34. The smallest absolute Gasteiger partial charge is 0.0398 e. The molecule has 0 amide bonds. The first-order valence-corrected chi connectivity index (χ1v) is 6.75. The summed E-state index contributed by atoms with van der Waals surface area (Å²) in [4.78, 5) is 2.37. The first-order valence-electron chi connectivity index (χ1n) is 6.75. The number of para-hydroxylation sites is 1. The first kappa shape index (κ1) is 14.8. The Morgan fingerprint density at radius 1 is 1.33 bits per heavy atom. The average molecular weight is 246 g/mol. The van der Waals surface area contributed by atoms with Gasteiger partial charge in [0.05, 0.1) is 0 Å². The van der Waals surface area contributed by atoms with Crippen molar-refractivity contribution < 1.29 is 0 Å². The molecule has 0 saturated heterocycles. The molecule has 0 aromatic heterocycles. The van der Waals surface area contributed by atoms with Crippen molar-refractivity contribution in [3.63, 3.8) is 0 Å². The number of anilines is 1. The lowest BCUT2D eigenvalue weighted by molar-refractivity contribution is 0.615. The summed E-state index contributed by atoms with van der Waals surface area (Å²) < 4.78 is 0. The summed E-state index contributed by atoms with van der Waals surface area (Å²) in [6.45, 7) is 15.6. The largest absolute Gasteiger partial charge is 0.368 e. The molecule has 0 bridgehead atoms. The lowest BCUT2D eigenvalue weighted by Gasteiger charge is -2.26. The van der Waals surface area contributed by atoms with Crippen LogP contribution in [0.1, 0.15) is 26.3 Å². The van der Waals surface area contributed by atoms with E-state index in [4.69, 9.17) is 0 Å². The molecule has 100 valence electrons. The molecular formula is C16H26N2. The molecule has 1 aromatic rings. The van der Waals surface area contributed by atoms with E-state index in [0.717, 1.165) is 19.6 Å². The van der Waals surface area contributed by atoms with Crippen molar-refractivity contribution in [1.29, 1.82) is 0 Å². The Bertz CT molecular complexity index is 382. The molecule has 1 N–H and O–H groups in total. The zero-order valence-corrected chi connectivity index (χ0v) is 12.2. The Kier molecular flexibility index (Phi) is 5.93. The van der Waals surface area contributed by atoms with Crippen LogP contribution in [0.15, 0.2) is 36.4 Å². The van der Waals surface area contributed by atoms with E-state index < -0.39 is 0 Å².